The molecule has 0 unspecified atom stereocenters. The summed E-state index contributed by atoms with van der Waals surface area (Å²) in [6.07, 6.45) is 0. The van der Waals surface area contributed by atoms with E-state index in [1.807, 2.05) is 14.1 Å². The van der Waals surface area contributed by atoms with E-state index in [2.05, 4.69) is 4.98 Å². The molecule has 0 saturated carbocycles. The summed E-state index contributed by atoms with van der Waals surface area (Å²) in [6, 6.07) is 5.32. The average Bonchev–Trinajstić information content (AvgIpc) is 2.52. The Morgan fingerprint density at radius 2 is 2.19 bits per heavy atom. The second-order valence-corrected chi connectivity index (χ2v) is 3.89. The number of rotatable bonds is 2. The predicted molar refractivity (Wildman–Crippen MR) is 61.5 cm³/mol. The first-order valence-electron chi connectivity index (χ1n) is 4.60. The molecular weight excluding hydrogens is 230 g/mol. The van der Waals surface area contributed by atoms with Crippen molar-refractivity contribution in [3.8, 4) is 0 Å². The van der Waals surface area contributed by atoms with Crippen molar-refractivity contribution in [2.75, 3.05) is 19.0 Å². The number of hydrogen-bond acceptors (Lipinski definition) is 3. The monoisotopic (exact) mass is 239 g/mol. The molecule has 1 N–H and O–H groups in total. The number of carboxylic acids is 1. The number of carboxylic acid groups (broad SMARTS) is 1. The maximum atomic E-state index is 11.1. The van der Waals surface area contributed by atoms with Crippen molar-refractivity contribution in [2.45, 2.75) is 0 Å². The fourth-order valence-corrected chi connectivity index (χ4v) is 1.83. The molecule has 2 rings (SSSR count). The van der Waals surface area contributed by atoms with Crippen LogP contribution in [0.25, 0.3) is 5.65 Å². The highest BCUT2D eigenvalue weighted by Gasteiger charge is 2.19. The number of fused-ring (bicyclic) bond motifs is 1. The van der Waals surface area contributed by atoms with Gasteiger partial charge in [0, 0.05) is 14.1 Å². The maximum absolute atomic E-state index is 11.1. The number of halogens is 1. The lowest BCUT2D eigenvalue weighted by Crippen LogP contribution is -2.15. The molecule has 0 saturated heterocycles. The standard InChI is InChI=1S/C10H10ClN3O2/c1-13(2)7-5-3-4-6-12-9(11)8(10(15)16)14(6)7/h3-5H,1-2H3,(H,15,16). The number of anilines is 1. The number of carbonyl (C=O) groups is 1. The lowest BCUT2D eigenvalue weighted by Gasteiger charge is -2.15. The molecule has 0 amide bonds. The van der Waals surface area contributed by atoms with Gasteiger partial charge in [0.25, 0.3) is 0 Å². The molecule has 0 aliphatic carbocycles. The van der Waals surface area contributed by atoms with Gasteiger partial charge in [0.1, 0.15) is 11.5 Å². The van der Waals surface area contributed by atoms with Crippen LogP contribution in [-0.4, -0.2) is 34.6 Å². The molecule has 0 radical (unpaired) electrons. The lowest BCUT2D eigenvalue weighted by molar-refractivity contribution is 0.0689. The van der Waals surface area contributed by atoms with Crippen molar-refractivity contribution in [1.82, 2.24) is 9.38 Å². The van der Waals surface area contributed by atoms with Crippen LogP contribution in [0.2, 0.25) is 5.15 Å². The summed E-state index contributed by atoms with van der Waals surface area (Å²) in [5.41, 5.74) is 0.509. The third kappa shape index (κ3) is 1.49. The van der Waals surface area contributed by atoms with Crippen LogP contribution < -0.4 is 4.90 Å². The van der Waals surface area contributed by atoms with Crippen LogP contribution in [0.3, 0.4) is 0 Å². The molecule has 0 bridgehead atoms. The average molecular weight is 240 g/mol. The van der Waals surface area contributed by atoms with Crippen molar-refractivity contribution >= 4 is 29.0 Å². The number of pyridine rings is 1. The van der Waals surface area contributed by atoms with Gasteiger partial charge in [-0.3, -0.25) is 4.40 Å². The largest absolute Gasteiger partial charge is 0.476 e. The van der Waals surface area contributed by atoms with Gasteiger partial charge in [-0.25, -0.2) is 9.78 Å². The smallest absolute Gasteiger partial charge is 0.356 e. The van der Waals surface area contributed by atoms with Gasteiger partial charge in [0.2, 0.25) is 0 Å². The van der Waals surface area contributed by atoms with E-state index in [0.29, 0.717) is 11.5 Å². The number of aromatic carboxylic acids is 1. The third-order valence-corrected chi connectivity index (χ3v) is 2.50. The molecule has 0 atom stereocenters. The molecule has 5 nitrogen and oxygen atoms in total. The fourth-order valence-electron chi connectivity index (χ4n) is 1.58. The van der Waals surface area contributed by atoms with Gasteiger partial charge < -0.3 is 10.0 Å². The summed E-state index contributed by atoms with van der Waals surface area (Å²) in [6.45, 7) is 0. The van der Waals surface area contributed by atoms with Crippen molar-refractivity contribution < 1.29 is 9.90 Å². The molecule has 84 valence electrons. The van der Waals surface area contributed by atoms with Crippen LogP contribution >= 0.6 is 11.6 Å². The van der Waals surface area contributed by atoms with Crippen molar-refractivity contribution in [2.24, 2.45) is 0 Å². The SMILES string of the molecule is CN(C)c1cccc2nc(Cl)c(C(=O)O)n12. The summed E-state index contributed by atoms with van der Waals surface area (Å²) in [5, 5.41) is 9.10. The van der Waals surface area contributed by atoms with Gasteiger partial charge in [0.15, 0.2) is 10.8 Å². The Hall–Kier alpha value is -1.75. The van der Waals surface area contributed by atoms with Crippen LogP contribution in [0.15, 0.2) is 18.2 Å². The molecule has 2 aromatic heterocycles. The van der Waals surface area contributed by atoms with Crippen LogP contribution in [-0.2, 0) is 0 Å². The molecule has 0 aliphatic rings. The fraction of sp³-hybridized carbons (Fsp3) is 0.200. The maximum Gasteiger partial charge on any atom is 0.356 e. The summed E-state index contributed by atoms with van der Waals surface area (Å²) < 4.78 is 1.52. The second kappa shape index (κ2) is 3.68. The molecule has 0 aromatic carbocycles. The number of aromatic nitrogens is 2. The summed E-state index contributed by atoms with van der Waals surface area (Å²) in [4.78, 5) is 16.9. The highest BCUT2D eigenvalue weighted by molar-refractivity contribution is 6.32. The predicted octanol–water partition coefficient (Wildman–Crippen LogP) is 1.75. The molecule has 16 heavy (non-hydrogen) atoms. The Kier molecular flexibility index (Phi) is 2.47. The van der Waals surface area contributed by atoms with Gasteiger partial charge in [-0.1, -0.05) is 17.7 Å². The highest BCUT2D eigenvalue weighted by atomic mass is 35.5. The summed E-state index contributed by atoms with van der Waals surface area (Å²) in [5.74, 6) is -0.374. The Balaban J connectivity index is 2.88. The molecule has 2 aromatic rings. The zero-order valence-electron chi connectivity index (χ0n) is 8.81. The zero-order chi connectivity index (χ0) is 11.9. The Morgan fingerprint density at radius 1 is 1.50 bits per heavy atom. The van der Waals surface area contributed by atoms with E-state index in [-0.39, 0.29) is 10.8 Å². The number of hydrogen-bond donors (Lipinski definition) is 1. The summed E-state index contributed by atoms with van der Waals surface area (Å²) >= 11 is 5.81. The zero-order valence-corrected chi connectivity index (χ0v) is 9.56. The molecule has 6 heteroatoms. The van der Waals surface area contributed by atoms with E-state index >= 15 is 0 Å². The van der Waals surface area contributed by atoms with Gasteiger partial charge in [-0.05, 0) is 12.1 Å². The first-order chi connectivity index (χ1) is 7.52. The lowest BCUT2D eigenvalue weighted by atomic mass is 10.4. The van der Waals surface area contributed by atoms with E-state index in [1.165, 1.54) is 4.40 Å². The normalized spacial score (nSPS) is 10.7. The minimum Gasteiger partial charge on any atom is -0.476 e. The number of nitrogens with zero attached hydrogens (tertiary/aromatic N) is 3. The van der Waals surface area contributed by atoms with Crippen molar-refractivity contribution in [1.29, 1.82) is 0 Å². The van der Waals surface area contributed by atoms with E-state index in [9.17, 15) is 4.79 Å². The molecule has 2 heterocycles. The third-order valence-electron chi connectivity index (χ3n) is 2.24. The van der Waals surface area contributed by atoms with E-state index < -0.39 is 5.97 Å². The Labute approximate surface area is 96.9 Å². The molecule has 0 aliphatic heterocycles. The van der Waals surface area contributed by atoms with Gasteiger partial charge >= 0.3 is 5.97 Å². The molecule has 0 spiro atoms. The van der Waals surface area contributed by atoms with Crippen molar-refractivity contribution in [3.63, 3.8) is 0 Å². The quantitative estimate of drug-likeness (QED) is 0.868. The van der Waals surface area contributed by atoms with Crippen molar-refractivity contribution in [3.05, 3.63) is 29.0 Å². The minimum atomic E-state index is -1.09. The van der Waals surface area contributed by atoms with E-state index in [1.54, 1.807) is 23.1 Å². The second-order valence-electron chi connectivity index (χ2n) is 3.53. The Bertz CT molecular complexity index is 562. The summed E-state index contributed by atoms with van der Waals surface area (Å²) in [7, 11) is 3.66. The highest BCUT2D eigenvalue weighted by Crippen LogP contribution is 2.23. The van der Waals surface area contributed by atoms with Crippen LogP contribution in [0.5, 0.6) is 0 Å². The van der Waals surface area contributed by atoms with Gasteiger partial charge in [-0.2, -0.15) is 0 Å². The van der Waals surface area contributed by atoms with Crippen LogP contribution in [0.4, 0.5) is 5.82 Å². The number of imidazole rings is 1. The van der Waals surface area contributed by atoms with Crippen LogP contribution in [0, 0.1) is 0 Å². The first kappa shape index (κ1) is 10.8. The van der Waals surface area contributed by atoms with E-state index in [4.69, 9.17) is 16.7 Å². The van der Waals surface area contributed by atoms with E-state index in [0.717, 1.165) is 0 Å². The Morgan fingerprint density at radius 3 is 2.75 bits per heavy atom. The topological polar surface area (TPSA) is 57.8 Å². The van der Waals surface area contributed by atoms with Crippen LogP contribution in [0.1, 0.15) is 10.5 Å². The molecule has 0 fully saturated rings. The van der Waals surface area contributed by atoms with Gasteiger partial charge in [-0.15, -0.1) is 0 Å². The minimum absolute atomic E-state index is 0.00167. The molecular formula is C10H10ClN3O2. The van der Waals surface area contributed by atoms with Gasteiger partial charge in [0.05, 0.1) is 0 Å². The first-order valence-corrected chi connectivity index (χ1v) is 4.97.